The predicted octanol–water partition coefficient (Wildman–Crippen LogP) is 2.65. The van der Waals surface area contributed by atoms with Gasteiger partial charge in [-0.1, -0.05) is 98.2 Å². The molecule has 4 unspecified atom stereocenters. The summed E-state index contributed by atoms with van der Waals surface area (Å²) in [5, 5.41) is 22.5. The number of cyclic esters (lactones) is 2. The second-order valence-electron chi connectivity index (χ2n) is 23.6. The van der Waals surface area contributed by atoms with Crippen LogP contribution in [0.2, 0.25) is 0 Å². The van der Waals surface area contributed by atoms with Gasteiger partial charge in [0.25, 0.3) is 0 Å². The number of aliphatic hydroxyl groups excluding tert-OH is 1. The summed E-state index contributed by atoms with van der Waals surface area (Å²) in [6, 6.07) is -1.43. The fourth-order valence-electron chi connectivity index (χ4n) is 10.6. The number of rotatable bonds is 16. The number of nitrogens with zero attached hydrogens (tertiary/aromatic N) is 3. The molecule has 0 bridgehead atoms. The molecule has 5 rings (SSSR count). The van der Waals surface area contributed by atoms with E-state index in [0.29, 0.717) is 29.7 Å². The third kappa shape index (κ3) is 17.3. The SMILES string of the molecule is CC[C@H](C)C1NC(=O)[C@@H](NC(=O)[C@@H](CC(C)C)N(C)C(=O)CNC(=O)C2C=C3C=CC=CC3OC2=O)[C@@H](C)OC(=O)C(Cc2ccc(OC)cc2)N(C)C(=O)[C@@H]2CCCN2C(=O)[C@H](CC(C)C)NC(=O)[C@@H](C)C(=O)[C@H](C(C)C)OC(=O)C[C@@H]1O. The van der Waals surface area contributed by atoms with Crippen LogP contribution < -0.4 is 26.0 Å². The summed E-state index contributed by atoms with van der Waals surface area (Å²) in [4.78, 5) is 160. The van der Waals surface area contributed by atoms with E-state index in [1.54, 1.807) is 90.1 Å². The summed E-state index contributed by atoms with van der Waals surface area (Å²) >= 11 is 0. The Bertz CT molecular complexity index is 2690. The first-order valence-corrected chi connectivity index (χ1v) is 29.1. The van der Waals surface area contributed by atoms with Crippen molar-refractivity contribution in [1.29, 1.82) is 0 Å². The summed E-state index contributed by atoms with van der Waals surface area (Å²) < 4.78 is 22.6. The largest absolute Gasteiger partial charge is 0.497 e. The average Bonchev–Trinajstić information content (AvgIpc) is 4.12. The van der Waals surface area contributed by atoms with E-state index in [-0.39, 0.29) is 44.1 Å². The van der Waals surface area contributed by atoms with E-state index < -0.39 is 162 Å². The summed E-state index contributed by atoms with van der Waals surface area (Å²) in [5.74, 6) is -13.1. The zero-order valence-electron chi connectivity index (χ0n) is 50.7. The van der Waals surface area contributed by atoms with E-state index in [4.69, 9.17) is 18.9 Å². The lowest BCUT2D eigenvalue weighted by atomic mass is 9.91. The van der Waals surface area contributed by atoms with Gasteiger partial charge in [0, 0.05) is 27.1 Å². The number of ketones is 1. The molecular formula is C61H87N7O16. The van der Waals surface area contributed by atoms with Gasteiger partial charge < -0.3 is 60.0 Å². The highest BCUT2D eigenvalue weighted by atomic mass is 16.6. The molecule has 23 heteroatoms. The fourth-order valence-corrected chi connectivity index (χ4v) is 10.6. The molecule has 3 aliphatic heterocycles. The molecule has 7 amide bonds. The van der Waals surface area contributed by atoms with Crippen LogP contribution in [0.15, 0.2) is 60.2 Å². The number of hydrogen-bond acceptors (Lipinski definition) is 16. The molecule has 3 heterocycles. The van der Waals surface area contributed by atoms with Crippen molar-refractivity contribution in [3.63, 3.8) is 0 Å². The average molecular weight is 1170 g/mol. The highest BCUT2D eigenvalue weighted by molar-refractivity contribution is 6.05. The zero-order chi connectivity index (χ0) is 62.4. The van der Waals surface area contributed by atoms with Crippen LogP contribution in [0.4, 0.5) is 0 Å². The van der Waals surface area contributed by atoms with Crippen molar-refractivity contribution in [2.45, 2.75) is 175 Å². The van der Waals surface area contributed by atoms with E-state index in [1.165, 1.54) is 50.9 Å². The number of nitrogens with one attached hydrogen (secondary N) is 4. The normalized spacial score (nSPS) is 27.6. The van der Waals surface area contributed by atoms with Crippen molar-refractivity contribution in [2.24, 2.45) is 35.5 Å². The van der Waals surface area contributed by atoms with Crippen LogP contribution in [-0.4, -0.2) is 180 Å². The van der Waals surface area contributed by atoms with Gasteiger partial charge in [0.1, 0.15) is 48.2 Å². The summed E-state index contributed by atoms with van der Waals surface area (Å²) in [6.07, 6.45) is 3.00. The van der Waals surface area contributed by atoms with Crippen LogP contribution in [0.1, 0.15) is 113 Å². The summed E-state index contributed by atoms with van der Waals surface area (Å²) in [7, 11) is 4.19. The number of fused-ring (bicyclic) bond motifs is 2. The highest BCUT2D eigenvalue weighted by Crippen LogP contribution is 2.28. The van der Waals surface area contributed by atoms with Gasteiger partial charge in [-0.25, -0.2) is 4.79 Å². The number of allylic oxidation sites excluding steroid dienone is 2. The number of Topliss-reactive ketones (excluding diaryl/α,β-unsaturated/α-hetero) is 1. The van der Waals surface area contributed by atoms with Crippen LogP contribution in [-0.2, 0) is 73.4 Å². The Kier molecular flexibility index (Phi) is 24.4. The van der Waals surface area contributed by atoms with Gasteiger partial charge >= 0.3 is 17.9 Å². The fraction of sp³-hybridized carbons (Fsp3) is 0.623. The van der Waals surface area contributed by atoms with Gasteiger partial charge in [0.15, 0.2) is 17.8 Å². The van der Waals surface area contributed by atoms with Gasteiger partial charge in [-0.05, 0) is 92.5 Å². The number of benzene rings is 1. The lowest BCUT2D eigenvalue weighted by Crippen LogP contribution is -2.62. The van der Waals surface area contributed by atoms with Crippen LogP contribution in [0.5, 0.6) is 5.75 Å². The maximum atomic E-state index is 15.0. The van der Waals surface area contributed by atoms with Gasteiger partial charge in [-0.15, -0.1) is 0 Å². The molecule has 0 radical (unpaired) electrons. The van der Waals surface area contributed by atoms with Crippen LogP contribution in [0.3, 0.4) is 0 Å². The first kappa shape index (κ1) is 67.4. The Morgan fingerprint density at radius 2 is 1.55 bits per heavy atom. The quantitative estimate of drug-likeness (QED) is 0.0903. The Morgan fingerprint density at radius 3 is 2.17 bits per heavy atom. The third-order valence-electron chi connectivity index (χ3n) is 15.9. The molecule has 2 fully saturated rings. The molecule has 0 spiro atoms. The lowest BCUT2D eigenvalue weighted by molar-refractivity contribution is -0.163. The number of aliphatic hydroxyl groups is 1. The monoisotopic (exact) mass is 1170 g/mol. The maximum absolute atomic E-state index is 15.0. The minimum absolute atomic E-state index is 0.0156. The topological polar surface area (TPSA) is 303 Å². The van der Waals surface area contributed by atoms with Crippen molar-refractivity contribution >= 4 is 65.0 Å². The number of methoxy groups -OCH3 is 1. The second kappa shape index (κ2) is 30.4. The summed E-state index contributed by atoms with van der Waals surface area (Å²) in [5.41, 5.74) is 1.14. The highest BCUT2D eigenvalue weighted by Gasteiger charge is 2.45. The molecule has 0 saturated carbocycles. The molecule has 1 aromatic rings. The molecule has 5 N–H and O–H groups in total. The lowest BCUT2D eigenvalue weighted by Gasteiger charge is -2.36. The Hall–Kier alpha value is -7.43. The van der Waals surface area contributed by atoms with Crippen molar-refractivity contribution in [3.05, 3.63) is 65.8 Å². The first-order valence-electron chi connectivity index (χ1n) is 29.1. The van der Waals surface area contributed by atoms with Crippen molar-refractivity contribution < 1.29 is 76.8 Å². The van der Waals surface area contributed by atoms with Crippen LogP contribution in [0.25, 0.3) is 0 Å². The zero-order valence-corrected chi connectivity index (χ0v) is 50.7. The van der Waals surface area contributed by atoms with Gasteiger partial charge in [0.05, 0.1) is 38.1 Å². The molecule has 4 aliphatic rings. The number of ether oxygens (including phenoxy) is 4. The minimum Gasteiger partial charge on any atom is -0.497 e. The molecular weight excluding hydrogens is 1090 g/mol. The van der Waals surface area contributed by atoms with Crippen molar-refractivity contribution in [1.82, 2.24) is 36.0 Å². The number of esters is 3. The van der Waals surface area contributed by atoms with Crippen molar-refractivity contribution in [3.8, 4) is 5.75 Å². The molecule has 2 saturated heterocycles. The van der Waals surface area contributed by atoms with Crippen LogP contribution >= 0.6 is 0 Å². The van der Waals surface area contributed by atoms with Gasteiger partial charge in [-0.2, -0.15) is 0 Å². The number of amides is 7. The van der Waals surface area contributed by atoms with E-state index >= 15 is 4.79 Å². The van der Waals surface area contributed by atoms with Gasteiger partial charge in [0.2, 0.25) is 41.4 Å². The van der Waals surface area contributed by atoms with Gasteiger partial charge in [-0.3, -0.25) is 47.9 Å². The van der Waals surface area contributed by atoms with E-state index in [1.807, 2.05) is 13.8 Å². The predicted molar refractivity (Wildman–Crippen MR) is 307 cm³/mol. The number of likely N-dealkylation sites (N-methyl/N-ethyl adjacent to an activating group) is 2. The number of carbonyl (C=O) groups excluding carboxylic acids is 11. The molecule has 84 heavy (non-hydrogen) atoms. The molecule has 0 aromatic heterocycles. The van der Waals surface area contributed by atoms with E-state index in [2.05, 4.69) is 21.3 Å². The van der Waals surface area contributed by atoms with E-state index in [9.17, 15) is 53.1 Å². The Labute approximate surface area is 492 Å². The maximum Gasteiger partial charge on any atom is 0.329 e. The molecule has 13 atom stereocenters. The smallest absolute Gasteiger partial charge is 0.329 e. The number of carbonyl (C=O) groups is 11. The number of hydrogen-bond donors (Lipinski definition) is 5. The first-order chi connectivity index (χ1) is 39.6. The van der Waals surface area contributed by atoms with Crippen molar-refractivity contribution in [2.75, 3.05) is 34.3 Å². The Balaban J connectivity index is 1.56. The molecule has 462 valence electrons. The van der Waals surface area contributed by atoms with Crippen LogP contribution in [0, 0.1) is 35.5 Å². The molecule has 1 aromatic carbocycles. The minimum atomic E-state index is -1.80. The Morgan fingerprint density at radius 1 is 0.869 bits per heavy atom. The standard InChI is InChI=1S/C61H87N7O16/c1-14-35(8)50-46(69)30-49(71)84-53(34(6)7)52(72)36(9)54(73)63-42(26-32(2)3)58(77)68-25-17-19-43(68)59(78)67(12)45(28-38-21-23-40(81-13)24-22-38)61(80)82-37(10)51(57(76)64-50)65-56(75)44(27-33(4)5)66(11)48(70)31-62-55(74)41-29-39-18-15-16-20-47(39)83-60(41)79/h15-16,18,20-24,29,32-37,41-47,50-51,53,69H,14,17,19,25-28,30-31H2,1-13H3,(H,62,74)(H,63,73)(H,64,76)(H,65,75)/t35-,36-,37+,41?,42-,43-,44+,45?,46-,47?,50?,51-,53-/m0/s1. The molecule has 23 nitrogen and oxygen atoms in total. The molecule has 1 aliphatic carbocycles. The second-order valence-corrected chi connectivity index (χ2v) is 23.6. The van der Waals surface area contributed by atoms with E-state index in [0.717, 1.165) is 4.90 Å². The third-order valence-corrected chi connectivity index (χ3v) is 15.9. The summed E-state index contributed by atoms with van der Waals surface area (Å²) in [6.45, 7) is 16.1.